The first-order valence-electron chi connectivity index (χ1n) is 8.10. The Labute approximate surface area is 140 Å². The van der Waals surface area contributed by atoms with E-state index in [1.54, 1.807) is 0 Å². The second-order valence-corrected chi connectivity index (χ2v) is 6.99. The van der Waals surface area contributed by atoms with E-state index in [0.717, 1.165) is 37.2 Å². The highest BCUT2D eigenvalue weighted by Gasteiger charge is 2.33. The molecule has 1 aromatic rings. The number of likely N-dealkylation sites (tertiary alicyclic amines) is 1. The molecule has 2 nitrogen and oxygen atoms in total. The Morgan fingerprint density at radius 2 is 1.79 bits per heavy atom. The Balaban J connectivity index is 2.29. The molecule has 1 aliphatic heterocycles. The summed E-state index contributed by atoms with van der Waals surface area (Å²) in [4.78, 5) is 6.65. The Bertz CT molecular complexity index is 582. The van der Waals surface area contributed by atoms with Gasteiger partial charge < -0.3 is 0 Å². The molecule has 0 aliphatic carbocycles. The van der Waals surface area contributed by atoms with Crippen molar-refractivity contribution in [2.45, 2.75) is 58.0 Å². The van der Waals surface area contributed by atoms with Crippen LogP contribution in [0.2, 0.25) is 0 Å². The molecule has 0 N–H and O–H groups in total. The molecule has 1 unspecified atom stereocenters. The molecule has 6 heteroatoms. The maximum absolute atomic E-state index is 14.2. The van der Waals surface area contributed by atoms with Crippen molar-refractivity contribution in [2.75, 3.05) is 13.6 Å². The predicted octanol–water partition coefficient (Wildman–Crippen LogP) is 4.97. The maximum atomic E-state index is 14.2. The first-order valence-corrected chi connectivity index (χ1v) is 8.10. The van der Waals surface area contributed by atoms with Crippen molar-refractivity contribution in [3.05, 3.63) is 34.9 Å². The van der Waals surface area contributed by atoms with Crippen LogP contribution >= 0.6 is 0 Å². The summed E-state index contributed by atoms with van der Waals surface area (Å²) in [5, 5.41) is 0. The summed E-state index contributed by atoms with van der Waals surface area (Å²) in [5.74, 6) is 0. The Hall–Kier alpha value is -1.43. The van der Waals surface area contributed by atoms with Crippen molar-refractivity contribution >= 4 is 5.71 Å². The topological polar surface area (TPSA) is 15.6 Å². The van der Waals surface area contributed by atoms with Gasteiger partial charge in [-0.05, 0) is 70.5 Å². The number of benzene rings is 1. The Kier molecular flexibility index (Phi) is 5.37. The molecule has 1 aliphatic rings. The van der Waals surface area contributed by atoms with Crippen molar-refractivity contribution in [3.8, 4) is 0 Å². The fourth-order valence-corrected chi connectivity index (χ4v) is 3.05. The van der Waals surface area contributed by atoms with E-state index in [1.807, 2.05) is 14.0 Å². The lowest BCUT2D eigenvalue weighted by Crippen LogP contribution is -2.31. The van der Waals surface area contributed by atoms with Crippen molar-refractivity contribution in [2.24, 2.45) is 4.99 Å². The number of aliphatic imine (C=N–C) groups is 1. The highest BCUT2D eigenvalue weighted by molar-refractivity contribution is 5.87. The molecule has 1 aromatic carbocycles. The third kappa shape index (κ3) is 4.56. The molecule has 0 radical (unpaired) electrons. The fraction of sp³-hybridized carbons (Fsp3) is 0.611. The molecule has 1 fully saturated rings. The molecule has 0 spiro atoms. The summed E-state index contributed by atoms with van der Waals surface area (Å²) in [5.41, 5.74) is -1.34. The smallest absolute Gasteiger partial charge is 0.298 e. The van der Waals surface area contributed by atoms with Crippen LogP contribution in [0.1, 0.15) is 50.3 Å². The number of hydrogen-bond acceptors (Lipinski definition) is 2. The zero-order valence-electron chi connectivity index (χ0n) is 14.5. The van der Waals surface area contributed by atoms with Crippen LogP contribution in [0.15, 0.2) is 23.2 Å². The van der Waals surface area contributed by atoms with E-state index in [2.05, 4.69) is 9.89 Å². The highest BCUT2D eigenvalue weighted by Crippen LogP contribution is 2.34. The summed E-state index contributed by atoms with van der Waals surface area (Å²) in [7, 11) is 2.02. The molecular formula is C18H24F4N2. The lowest BCUT2D eigenvalue weighted by molar-refractivity contribution is -0.137. The first-order chi connectivity index (χ1) is 11.0. The number of rotatable bonds is 4. The molecular weight excluding hydrogens is 320 g/mol. The van der Waals surface area contributed by atoms with E-state index in [-0.39, 0.29) is 18.2 Å². The van der Waals surface area contributed by atoms with Crippen molar-refractivity contribution in [1.82, 2.24) is 4.90 Å². The Morgan fingerprint density at radius 3 is 2.29 bits per heavy atom. The van der Waals surface area contributed by atoms with Crippen LogP contribution in [0.5, 0.6) is 0 Å². The molecule has 1 saturated heterocycles. The van der Waals surface area contributed by atoms with E-state index in [1.165, 1.54) is 19.9 Å². The van der Waals surface area contributed by atoms with E-state index < -0.39 is 17.4 Å². The minimum Gasteiger partial charge on any atom is -0.298 e. The quantitative estimate of drug-likeness (QED) is 0.556. The zero-order chi connectivity index (χ0) is 18.1. The largest absolute Gasteiger partial charge is 0.416 e. The van der Waals surface area contributed by atoms with Crippen LogP contribution in [0.4, 0.5) is 17.6 Å². The monoisotopic (exact) mass is 344 g/mol. The number of nitrogens with zero attached hydrogens (tertiary/aromatic N) is 2. The first kappa shape index (κ1) is 18.9. The standard InChI is InChI=1S/C18H24F4N2/c1-12(16-6-5-7-24(16)4)23-11-13-8-14(17(2,3)19)10-15(9-13)18(20,21)22/h8-10,16H,5-7,11H2,1-4H3. The van der Waals surface area contributed by atoms with Gasteiger partial charge in [-0.25, -0.2) is 4.39 Å². The number of hydrogen-bond donors (Lipinski definition) is 0. The molecule has 1 heterocycles. The summed E-state index contributed by atoms with van der Waals surface area (Å²) in [6.07, 6.45) is -2.39. The predicted molar refractivity (Wildman–Crippen MR) is 88.0 cm³/mol. The SMILES string of the molecule is CC(=NCc1cc(C(C)(C)F)cc(C(F)(F)F)c1)C1CCCN1C. The molecule has 0 bridgehead atoms. The van der Waals surface area contributed by atoms with Gasteiger partial charge in [0.25, 0.3) is 0 Å². The van der Waals surface area contributed by atoms with Crippen molar-refractivity contribution in [1.29, 1.82) is 0 Å². The normalized spacial score (nSPS) is 20.7. The second kappa shape index (κ2) is 6.82. The summed E-state index contributed by atoms with van der Waals surface area (Å²) in [6, 6.07) is 3.66. The molecule has 24 heavy (non-hydrogen) atoms. The lowest BCUT2D eigenvalue weighted by Gasteiger charge is -2.20. The van der Waals surface area contributed by atoms with Crippen LogP contribution in [0.25, 0.3) is 0 Å². The highest BCUT2D eigenvalue weighted by atomic mass is 19.4. The third-order valence-electron chi connectivity index (χ3n) is 4.52. The van der Waals surface area contributed by atoms with Gasteiger partial charge in [0.05, 0.1) is 12.1 Å². The van der Waals surface area contributed by atoms with Gasteiger partial charge in [-0.3, -0.25) is 9.89 Å². The lowest BCUT2D eigenvalue weighted by atomic mass is 9.95. The van der Waals surface area contributed by atoms with Crippen LogP contribution in [0, 0.1) is 0 Å². The maximum Gasteiger partial charge on any atom is 0.416 e. The van der Waals surface area contributed by atoms with E-state index in [9.17, 15) is 17.6 Å². The fourth-order valence-electron chi connectivity index (χ4n) is 3.05. The van der Waals surface area contributed by atoms with E-state index in [0.29, 0.717) is 5.56 Å². The van der Waals surface area contributed by atoms with Gasteiger partial charge in [0.1, 0.15) is 5.67 Å². The number of alkyl halides is 4. The molecule has 0 saturated carbocycles. The Morgan fingerprint density at radius 1 is 1.17 bits per heavy atom. The van der Waals surface area contributed by atoms with Gasteiger partial charge in [-0.15, -0.1) is 0 Å². The van der Waals surface area contributed by atoms with Crippen molar-refractivity contribution < 1.29 is 17.6 Å². The zero-order valence-corrected chi connectivity index (χ0v) is 14.5. The van der Waals surface area contributed by atoms with Crippen LogP contribution in [-0.4, -0.2) is 30.2 Å². The number of halogens is 4. The van der Waals surface area contributed by atoms with E-state index in [4.69, 9.17) is 0 Å². The summed E-state index contributed by atoms with van der Waals surface area (Å²) < 4.78 is 53.4. The molecule has 134 valence electrons. The molecule has 2 rings (SSSR count). The van der Waals surface area contributed by atoms with Gasteiger partial charge in [0, 0.05) is 11.8 Å². The van der Waals surface area contributed by atoms with Gasteiger partial charge in [-0.2, -0.15) is 13.2 Å². The third-order valence-corrected chi connectivity index (χ3v) is 4.52. The summed E-state index contributed by atoms with van der Waals surface area (Å²) in [6.45, 7) is 5.55. The van der Waals surface area contributed by atoms with Gasteiger partial charge in [-0.1, -0.05) is 6.07 Å². The van der Waals surface area contributed by atoms with Crippen molar-refractivity contribution in [3.63, 3.8) is 0 Å². The molecule has 0 amide bonds. The second-order valence-electron chi connectivity index (χ2n) is 6.99. The van der Waals surface area contributed by atoms with Crippen LogP contribution in [-0.2, 0) is 18.4 Å². The van der Waals surface area contributed by atoms with Gasteiger partial charge in [0.2, 0.25) is 0 Å². The molecule has 0 aromatic heterocycles. The minimum atomic E-state index is -4.50. The van der Waals surface area contributed by atoms with Crippen LogP contribution < -0.4 is 0 Å². The van der Waals surface area contributed by atoms with E-state index >= 15 is 0 Å². The van der Waals surface area contributed by atoms with Gasteiger partial charge >= 0.3 is 6.18 Å². The summed E-state index contributed by atoms with van der Waals surface area (Å²) >= 11 is 0. The molecule has 1 atom stereocenters. The average molecular weight is 344 g/mol. The average Bonchev–Trinajstić information content (AvgIpc) is 2.89. The van der Waals surface area contributed by atoms with Gasteiger partial charge in [0.15, 0.2) is 0 Å². The minimum absolute atomic E-state index is 0.0261. The van der Waals surface area contributed by atoms with Crippen LogP contribution in [0.3, 0.4) is 0 Å².